The molecule has 5 nitrogen and oxygen atoms in total. The Morgan fingerprint density at radius 3 is 2.14 bits per heavy atom. The molecular weight excluding hydrogens is 452 g/mol. The highest BCUT2D eigenvalue weighted by Crippen LogP contribution is 2.39. The van der Waals surface area contributed by atoms with Crippen LogP contribution in [0.1, 0.15) is 73.1 Å². The Morgan fingerprint density at radius 2 is 1.50 bits per heavy atom. The standard InChI is InChI=1S/C31H42O5/c1-6-8-10-12-21-34-29-28-26(33-23-20-25(5)17-14-16-24(3)4)18-15-19-27(28)36-31(32)30(29)35-22-13-11-9-7-2/h8-11,15-16,18-20H,6-7,12-14,17,21-23H2,1-5H3/b10-8?,11-9?,25-20+. The van der Waals surface area contributed by atoms with Crippen molar-refractivity contribution in [2.24, 2.45) is 0 Å². The van der Waals surface area contributed by atoms with Crippen LogP contribution >= 0.6 is 0 Å². The predicted octanol–water partition coefficient (Wildman–Crippen LogP) is 8.33. The molecule has 0 atom stereocenters. The van der Waals surface area contributed by atoms with Crippen LogP contribution in [-0.4, -0.2) is 19.8 Å². The molecule has 0 amide bonds. The highest BCUT2D eigenvalue weighted by molar-refractivity contribution is 5.91. The summed E-state index contributed by atoms with van der Waals surface area (Å²) in [6.45, 7) is 11.7. The van der Waals surface area contributed by atoms with Crippen molar-refractivity contribution in [2.45, 2.75) is 73.1 Å². The van der Waals surface area contributed by atoms with E-state index in [0.29, 0.717) is 48.7 Å². The second-order valence-corrected chi connectivity index (χ2v) is 8.89. The Balaban J connectivity index is 2.33. The van der Waals surface area contributed by atoms with Gasteiger partial charge in [-0.3, -0.25) is 0 Å². The predicted molar refractivity (Wildman–Crippen MR) is 149 cm³/mol. The Morgan fingerprint density at radius 1 is 0.833 bits per heavy atom. The van der Waals surface area contributed by atoms with E-state index in [0.717, 1.165) is 32.1 Å². The highest BCUT2D eigenvalue weighted by Gasteiger charge is 2.21. The van der Waals surface area contributed by atoms with Gasteiger partial charge in [-0.2, -0.15) is 0 Å². The summed E-state index contributed by atoms with van der Waals surface area (Å²) < 4.78 is 23.8. The van der Waals surface area contributed by atoms with Gasteiger partial charge < -0.3 is 18.6 Å². The lowest BCUT2D eigenvalue weighted by Gasteiger charge is -2.15. The van der Waals surface area contributed by atoms with Crippen LogP contribution in [0.4, 0.5) is 0 Å². The van der Waals surface area contributed by atoms with E-state index in [9.17, 15) is 4.79 Å². The average Bonchev–Trinajstić information content (AvgIpc) is 2.84. The number of ether oxygens (including phenoxy) is 3. The topological polar surface area (TPSA) is 57.9 Å². The van der Waals surface area contributed by atoms with Gasteiger partial charge in [-0.15, -0.1) is 0 Å². The van der Waals surface area contributed by atoms with Gasteiger partial charge in [0.25, 0.3) is 0 Å². The largest absolute Gasteiger partial charge is 0.489 e. The van der Waals surface area contributed by atoms with Crippen LogP contribution in [-0.2, 0) is 0 Å². The number of rotatable bonds is 16. The number of hydrogen-bond acceptors (Lipinski definition) is 5. The maximum absolute atomic E-state index is 12.8. The van der Waals surface area contributed by atoms with Crippen molar-refractivity contribution >= 4 is 11.0 Å². The smallest absolute Gasteiger partial charge is 0.383 e. The average molecular weight is 495 g/mol. The quantitative estimate of drug-likeness (QED) is 0.133. The van der Waals surface area contributed by atoms with Crippen molar-refractivity contribution < 1.29 is 18.6 Å². The number of allylic oxidation sites excluding steroid dienone is 5. The van der Waals surface area contributed by atoms with E-state index in [1.807, 2.05) is 18.2 Å². The maximum atomic E-state index is 12.8. The van der Waals surface area contributed by atoms with E-state index >= 15 is 0 Å². The molecule has 1 heterocycles. The van der Waals surface area contributed by atoms with Gasteiger partial charge in [0.05, 0.1) is 13.2 Å². The van der Waals surface area contributed by atoms with E-state index in [2.05, 4.69) is 65.0 Å². The van der Waals surface area contributed by atoms with Crippen molar-refractivity contribution in [3.8, 4) is 17.2 Å². The van der Waals surface area contributed by atoms with Gasteiger partial charge in [-0.25, -0.2) is 4.79 Å². The van der Waals surface area contributed by atoms with Gasteiger partial charge in [0.15, 0.2) is 5.75 Å². The summed E-state index contributed by atoms with van der Waals surface area (Å²) >= 11 is 0. The summed E-state index contributed by atoms with van der Waals surface area (Å²) in [6, 6.07) is 5.43. The fraction of sp³-hybridized carbons (Fsp3) is 0.452. The molecule has 0 aliphatic carbocycles. The maximum Gasteiger partial charge on any atom is 0.383 e. The number of benzene rings is 1. The molecular formula is C31H42O5. The van der Waals surface area contributed by atoms with Gasteiger partial charge >= 0.3 is 5.63 Å². The van der Waals surface area contributed by atoms with E-state index in [-0.39, 0.29) is 5.75 Å². The highest BCUT2D eigenvalue weighted by atomic mass is 16.5. The molecule has 0 aliphatic rings. The van der Waals surface area contributed by atoms with Crippen LogP contribution in [0.2, 0.25) is 0 Å². The van der Waals surface area contributed by atoms with Crippen LogP contribution in [0, 0.1) is 0 Å². The molecule has 0 fully saturated rings. The zero-order valence-corrected chi connectivity index (χ0v) is 22.6. The van der Waals surface area contributed by atoms with Gasteiger partial charge in [0.1, 0.15) is 23.3 Å². The van der Waals surface area contributed by atoms with Crippen molar-refractivity contribution in [1.29, 1.82) is 0 Å². The molecule has 0 spiro atoms. The monoisotopic (exact) mass is 494 g/mol. The van der Waals surface area contributed by atoms with Crippen LogP contribution in [0.3, 0.4) is 0 Å². The zero-order valence-electron chi connectivity index (χ0n) is 22.6. The molecule has 0 aliphatic heterocycles. The zero-order chi connectivity index (χ0) is 26.2. The third-order valence-corrected chi connectivity index (χ3v) is 5.44. The molecule has 196 valence electrons. The summed E-state index contributed by atoms with van der Waals surface area (Å²) in [6.07, 6.45) is 18.0. The first-order chi connectivity index (χ1) is 17.5. The Kier molecular flexibility index (Phi) is 13.3. The fourth-order valence-corrected chi connectivity index (χ4v) is 3.55. The molecule has 1 aromatic carbocycles. The van der Waals surface area contributed by atoms with Crippen LogP contribution in [0.15, 0.2) is 75.0 Å². The molecule has 0 saturated carbocycles. The molecule has 0 bridgehead atoms. The Bertz CT molecular complexity index is 1110. The molecule has 0 N–H and O–H groups in total. The van der Waals surface area contributed by atoms with Crippen LogP contribution in [0.5, 0.6) is 17.2 Å². The minimum Gasteiger partial charge on any atom is -0.489 e. The minimum absolute atomic E-state index is 0.0939. The first-order valence-electron chi connectivity index (χ1n) is 13.0. The van der Waals surface area contributed by atoms with Crippen molar-refractivity contribution in [3.63, 3.8) is 0 Å². The third-order valence-electron chi connectivity index (χ3n) is 5.44. The molecule has 1 aromatic heterocycles. The summed E-state index contributed by atoms with van der Waals surface area (Å²) in [7, 11) is 0. The van der Waals surface area contributed by atoms with E-state index < -0.39 is 5.63 Å². The summed E-state index contributed by atoms with van der Waals surface area (Å²) in [4.78, 5) is 12.8. The fourth-order valence-electron chi connectivity index (χ4n) is 3.55. The Hall–Kier alpha value is -3.21. The molecule has 36 heavy (non-hydrogen) atoms. The first-order valence-corrected chi connectivity index (χ1v) is 13.0. The normalized spacial score (nSPS) is 12.0. The molecule has 0 saturated heterocycles. The first kappa shape index (κ1) is 29.0. The van der Waals surface area contributed by atoms with E-state index in [1.165, 1.54) is 11.1 Å². The van der Waals surface area contributed by atoms with E-state index in [4.69, 9.17) is 18.6 Å². The minimum atomic E-state index is -0.548. The molecule has 0 radical (unpaired) electrons. The van der Waals surface area contributed by atoms with Gasteiger partial charge in [0.2, 0.25) is 5.75 Å². The van der Waals surface area contributed by atoms with Gasteiger partial charge in [-0.05, 0) is 77.5 Å². The van der Waals surface area contributed by atoms with Gasteiger partial charge in [0, 0.05) is 0 Å². The molecule has 2 aromatic rings. The third kappa shape index (κ3) is 9.80. The second kappa shape index (κ2) is 16.5. The van der Waals surface area contributed by atoms with Crippen LogP contribution < -0.4 is 19.8 Å². The van der Waals surface area contributed by atoms with Gasteiger partial charge in [-0.1, -0.05) is 61.4 Å². The van der Waals surface area contributed by atoms with E-state index in [1.54, 1.807) is 6.07 Å². The Labute approximate surface area is 216 Å². The summed E-state index contributed by atoms with van der Waals surface area (Å²) in [5, 5.41) is 0.617. The number of hydrogen-bond donors (Lipinski definition) is 0. The van der Waals surface area contributed by atoms with Crippen molar-refractivity contribution in [2.75, 3.05) is 19.8 Å². The lowest BCUT2D eigenvalue weighted by Crippen LogP contribution is -2.12. The SMILES string of the molecule is CCC=CCCOc1c(OCCC=CCC)c2c(OC/C=C(\C)CCC=C(C)C)cccc2oc1=O. The lowest BCUT2D eigenvalue weighted by molar-refractivity contribution is 0.264. The number of fused-ring (bicyclic) bond motifs is 1. The van der Waals surface area contributed by atoms with Crippen molar-refractivity contribution in [3.05, 3.63) is 76.2 Å². The summed E-state index contributed by atoms with van der Waals surface area (Å²) in [5.74, 6) is 1.07. The molecule has 5 heteroatoms. The summed E-state index contributed by atoms with van der Waals surface area (Å²) in [5.41, 5.74) is 2.46. The van der Waals surface area contributed by atoms with Crippen LogP contribution in [0.25, 0.3) is 11.0 Å². The molecule has 0 unspecified atom stereocenters. The second-order valence-electron chi connectivity index (χ2n) is 8.89. The molecule has 2 rings (SSSR count). The lowest BCUT2D eigenvalue weighted by atomic mass is 10.1. The van der Waals surface area contributed by atoms with Crippen molar-refractivity contribution in [1.82, 2.24) is 0 Å².